The predicted molar refractivity (Wildman–Crippen MR) is 124 cm³/mol. The van der Waals surface area contributed by atoms with Gasteiger partial charge in [-0.25, -0.2) is 17.2 Å². The van der Waals surface area contributed by atoms with E-state index in [9.17, 15) is 17.2 Å². The fraction of sp³-hybridized carbons (Fsp3) is 0.565. The normalized spacial score (nSPS) is 19.3. The second-order valence-corrected chi connectivity index (χ2v) is 10.4. The summed E-state index contributed by atoms with van der Waals surface area (Å²) in [6.45, 7) is 6.27. The van der Waals surface area contributed by atoms with Gasteiger partial charge in [0.2, 0.25) is 0 Å². The highest BCUT2D eigenvalue weighted by Crippen LogP contribution is 2.21. The molecule has 0 bridgehead atoms. The fourth-order valence-corrected chi connectivity index (χ4v) is 4.58. The number of hydrogen-bond acceptors (Lipinski definition) is 5. The van der Waals surface area contributed by atoms with E-state index in [1.54, 1.807) is 0 Å². The van der Waals surface area contributed by atoms with Gasteiger partial charge in [0, 0.05) is 56.1 Å². The Hall–Kier alpha value is -1.93. The molecule has 1 heterocycles. The molecule has 0 atom stereocenters. The summed E-state index contributed by atoms with van der Waals surface area (Å²) < 4.78 is 49.2. The number of anilines is 1. The number of nitrogens with one attached hydrogen (secondary N) is 1. The third-order valence-corrected chi connectivity index (χ3v) is 6.52. The number of halogens is 2. The molecule has 0 spiro atoms. The van der Waals surface area contributed by atoms with E-state index in [0.29, 0.717) is 18.7 Å². The van der Waals surface area contributed by atoms with Crippen molar-refractivity contribution in [2.75, 3.05) is 57.1 Å². The van der Waals surface area contributed by atoms with Gasteiger partial charge in [0.25, 0.3) is 0 Å². The van der Waals surface area contributed by atoms with Gasteiger partial charge in [-0.15, -0.1) is 0 Å². The molecular weight excluding hydrogens is 420 g/mol. The Morgan fingerprint density at radius 3 is 2.58 bits per heavy atom. The number of hydrogen-bond donors (Lipinski definition) is 1. The minimum atomic E-state index is -2.90. The van der Waals surface area contributed by atoms with Gasteiger partial charge in [-0.3, -0.25) is 0 Å². The molecule has 0 amide bonds. The lowest BCUT2D eigenvalue weighted by molar-refractivity contribution is 0.265. The van der Waals surface area contributed by atoms with Gasteiger partial charge < -0.3 is 15.1 Å². The summed E-state index contributed by atoms with van der Waals surface area (Å²) in [5, 5.41) is 3.14. The maximum atomic E-state index is 13.4. The van der Waals surface area contributed by atoms with Crippen LogP contribution in [0.15, 0.2) is 41.6 Å². The molecular formula is C23H35F2N3O2S. The zero-order valence-corrected chi connectivity index (χ0v) is 19.6. The lowest BCUT2D eigenvalue weighted by atomic mass is 10.1. The number of unbranched alkanes of at least 4 members (excludes halogenated alkanes) is 1. The van der Waals surface area contributed by atoms with Crippen LogP contribution in [0.5, 0.6) is 0 Å². The third-order valence-electron chi connectivity index (χ3n) is 5.49. The van der Waals surface area contributed by atoms with Gasteiger partial charge in [0.15, 0.2) is 11.6 Å². The summed E-state index contributed by atoms with van der Waals surface area (Å²) in [6.07, 6.45) is 8.99. The maximum absolute atomic E-state index is 13.4. The molecule has 0 unspecified atom stereocenters. The molecule has 0 aliphatic carbocycles. The van der Waals surface area contributed by atoms with Crippen LogP contribution < -0.4 is 5.32 Å². The van der Waals surface area contributed by atoms with Crippen molar-refractivity contribution in [3.05, 3.63) is 53.3 Å². The van der Waals surface area contributed by atoms with Crippen LogP contribution >= 0.6 is 0 Å². The molecule has 1 fully saturated rings. The number of allylic oxidation sites excluding steroid dienone is 2. The summed E-state index contributed by atoms with van der Waals surface area (Å²) in [5.74, 6) is -1.47. The molecule has 1 aliphatic rings. The summed E-state index contributed by atoms with van der Waals surface area (Å²) in [5.41, 5.74) is 2.94. The molecule has 2 rings (SSSR count). The standard InChI is InChI=1S/C23H35F2N3O2S/c1-4-23-19(10-12-26-20-8-9-21(24)22(25)18-20)11-16-28(15-7-13-27(23)2)14-5-6-17-31(3,29)30/h4,8-10,18,26H,5-7,11-17H2,1-3H3/b19-10-,23-4?. The van der Waals surface area contributed by atoms with Crippen LogP contribution in [-0.2, 0) is 9.84 Å². The van der Waals surface area contributed by atoms with E-state index >= 15 is 0 Å². The van der Waals surface area contributed by atoms with Crippen molar-refractivity contribution in [3.8, 4) is 0 Å². The van der Waals surface area contributed by atoms with E-state index in [2.05, 4.69) is 34.3 Å². The number of benzene rings is 1. The predicted octanol–water partition coefficient (Wildman–Crippen LogP) is 4.06. The molecule has 0 radical (unpaired) electrons. The van der Waals surface area contributed by atoms with E-state index in [1.807, 2.05) is 6.92 Å². The van der Waals surface area contributed by atoms with Crippen LogP contribution in [0.1, 0.15) is 32.6 Å². The quantitative estimate of drug-likeness (QED) is 0.599. The molecule has 1 aliphatic heterocycles. The van der Waals surface area contributed by atoms with Crippen molar-refractivity contribution < 1.29 is 17.2 Å². The Balaban J connectivity index is 2.00. The Kier molecular flexibility index (Phi) is 9.96. The first-order valence-electron chi connectivity index (χ1n) is 10.9. The van der Waals surface area contributed by atoms with E-state index in [4.69, 9.17) is 0 Å². The molecule has 31 heavy (non-hydrogen) atoms. The largest absolute Gasteiger partial charge is 0.381 e. The Bertz CT molecular complexity index is 885. The SMILES string of the molecule is CC=C1/C(=C\CNc2ccc(F)c(F)c2)CCN(CCCCS(C)(=O)=O)CCCN1C. The highest BCUT2D eigenvalue weighted by Gasteiger charge is 2.16. The van der Waals surface area contributed by atoms with Crippen molar-refractivity contribution in [1.29, 1.82) is 0 Å². The number of rotatable bonds is 8. The second kappa shape index (κ2) is 12.2. The first-order chi connectivity index (χ1) is 14.7. The minimum Gasteiger partial charge on any atom is -0.381 e. The number of nitrogens with zero attached hydrogens (tertiary/aromatic N) is 2. The van der Waals surface area contributed by atoms with Crippen molar-refractivity contribution >= 4 is 15.5 Å². The van der Waals surface area contributed by atoms with Crippen molar-refractivity contribution in [1.82, 2.24) is 9.80 Å². The van der Waals surface area contributed by atoms with Gasteiger partial charge in [0.05, 0.1) is 0 Å². The molecule has 1 aromatic carbocycles. The van der Waals surface area contributed by atoms with Crippen molar-refractivity contribution in [2.45, 2.75) is 32.6 Å². The number of likely N-dealkylation sites (N-methyl/N-ethyl adjacent to an activating group) is 1. The highest BCUT2D eigenvalue weighted by molar-refractivity contribution is 7.90. The molecule has 1 saturated heterocycles. The van der Waals surface area contributed by atoms with Gasteiger partial charge in [0.1, 0.15) is 9.84 Å². The summed E-state index contributed by atoms with van der Waals surface area (Å²) in [4.78, 5) is 4.67. The van der Waals surface area contributed by atoms with Gasteiger partial charge in [-0.1, -0.05) is 12.2 Å². The molecule has 1 N–H and O–H groups in total. The molecule has 174 valence electrons. The highest BCUT2D eigenvalue weighted by atomic mass is 32.2. The zero-order chi connectivity index (χ0) is 22.9. The van der Waals surface area contributed by atoms with Crippen LogP contribution in [0.4, 0.5) is 14.5 Å². The van der Waals surface area contributed by atoms with Crippen molar-refractivity contribution in [2.24, 2.45) is 0 Å². The van der Waals surface area contributed by atoms with Crippen molar-refractivity contribution in [3.63, 3.8) is 0 Å². The van der Waals surface area contributed by atoms with Gasteiger partial charge >= 0.3 is 0 Å². The molecule has 8 heteroatoms. The molecule has 1 aromatic rings. The monoisotopic (exact) mass is 455 g/mol. The third kappa shape index (κ3) is 8.99. The topological polar surface area (TPSA) is 52.7 Å². The summed E-state index contributed by atoms with van der Waals surface area (Å²) >= 11 is 0. The van der Waals surface area contributed by atoms with E-state index in [-0.39, 0.29) is 5.75 Å². The first-order valence-corrected chi connectivity index (χ1v) is 12.9. The second-order valence-electron chi connectivity index (χ2n) is 8.12. The van der Waals surface area contributed by atoms with Crippen LogP contribution in [0.25, 0.3) is 0 Å². The van der Waals surface area contributed by atoms with Crippen LogP contribution in [0, 0.1) is 11.6 Å². The lowest BCUT2D eigenvalue weighted by Crippen LogP contribution is -2.28. The first kappa shape index (κ1) is 25.3. The fourth-order valence-electron chi connectivity index (χ4n) is 3.85. The molecule has 0 aromatic heterocycles. The Morgan fingerprint density at radius 2 is 1.90 bits per heavy atom. The lowest BCUT2D eigenvalue weighted by Gasteiger charge is -2.23. The van der Waals surface area contributed by atoms with E-state index < -0.39 is 21.5 Å². The maximum Gasteiger partial charge on any atom is 0.160 e. The minimum absolute atomic E-state index is 0.243. The zero-order valence-electron chi connectivity index (χ0n) is 18.8. The van der Waals surface area contributed by atoms with E-state index in [1.165, 1.54) is 23.6 Å². The number of sulfone groups is 1. The van der Waals surface area contributed by atoms with Crippen LogP contribution in [0.3, 0.4) is 0 Å². The Morgan fingerprint density at radius 1 is 1.13 bits per heavy atom. The average molecular weight is 456 g/mol. The van der Waals surface area contributed by atoms with Gasteiger partial charge in [-0.2, -0.15) is 0 Å². The van der Waals surface area contributed by atoms with Crippen LogP contribution in [-0.4, -0.2) is 70.0 Å². The Labute approximate surface area is 185 Å². The smallest absolute Gasteiger partial charge is 0.160 e. The average Bonchev–Trinajstić information content (AvgIpc) is 2.77. The van der Waals surface area contributed by atoms with Crippen LogP contribution in [0.2, 0.25) is 0 Å². The molecule has 0 saturated carbocycles. The summed E-state index contributed by atoms with van der Waals surface area (Å²) in [6, 6.07) is 3.82. The van der Waals surface area contributed by atoms with Gasteiger partial charge in [-0.05, 0) is 63.4 Å². The molecule has 5 nitrogen and oxygen atoms in total. The summed E-state index contributed by atoms with van der Waals surface area (Å²) in [7, 11) is -0.813. The van der Waals surface area contributed by atoms with E-state index in [0.717, 1.165) is 57.6 Å².